The van der Waals surface area contributed by atoms with Crippen molar-refractivity contribution in [2.75, 3.05) is 32.1 Å². The number of methoxy groups -OCH3 is 1. The summed E-state index contributed by atoms with van der Waals surface area (Å²) in [4.78, 5) is 43.6. The number of nitrogens with one attached hydrogen (secondary N) is 1. The number of likely N-dealkylation sites (tertiary alicyclic amines) is 1. The quantitative estimate of drug-likeness (QED) is 0.789. The minimum absolute atomic E-state index is 0.0593. The molecule has 4 atom stereocenters. The second kappa shape index (κ2) is 6.12. The highest BCUT2D eigenvalue weighted by atomic mass is 16.5. The molecule has 28 heavy (non-hydrogen) atoms. The molecule has 7 heteroatoms. The van der Waals surface area contributed by atoms with E-state index in [4.69, 9.17) is 4.74 Å². The summed E-state index contributed by atoms with van der Waals surface area (Å²) >= 11 is 0. The van der Waals surface area contributed by atoms with Crippen molar-refractivity contribution in [3.63, 3.8) is 0 Å². The Bertz CT molecular complexity index is 884. The predicted octanol–water partition coefficient (Wildman–Crippen LogP) is 1.12. The molecule has 148 valence electrons. The molecule has 1 spiro atoms. The summed E-state index contributed by atoms with van der Waals surface area (Å²) < 4.78 is 5.10. The predicted molar refractivity (Wildman–Crippen MR) is 101 cm³/mol. The summed E-state index contributed by atoms with van der Waals surface area (Å²) in [5.74, 6) is -1.64. The van der Waals surface area contributed by atoms with Crippen molar-refractivity contribution in [3.8, 4) is 0 Å². The molecule has 4 heterocycles. The molecule has 7 nitrogen and oxygen atoms in total. The van der Waals surface area contributed by atoms with Crippen LogP contribution in [-0.2, 0) is 31.1 Å². The topological polar surface area (TPSA) is 79.0 Å². The Balaban J connectivity index is 1.69. The minimum atomic E-state index is -1.07. The van der Waals surface area contributed by atoms with Crippen LogP contribution in [0.3, 0.4) is 0 Å². The van der Waals surface area contributed by atoms with E-state index in [1.165, 1.54) is 4.90 Å². The second-order valence-electron chi connectivity index (χ2n) is 8.18. The number of carbonyl (C=O) groups excluding carboxylic acids is 3. The van der Waals surface area contributed by atoms with E-state index in [-0.39, 0.29) is 30.3 Å². The molecule has 0 aliphatic carbocycles. The van der Waals surface area contributed by atoms with Crippen LogP contribution in [0.4, 0.5) is 5.69 Å². The smallest absolute Gasteiger partial charge is 0.250 e. The fourth-order valence-corrected chi connectivity index (χ4v) is 5.93. The number of ether oxygens (including phenoxy) is 1. The molecule has 0 aromatic heterocycles. The lowest BCUT2D eigenvalue weighted by Gasteiger charge is -2.36. The van der Waals surface area contributed by atoms with Gasteiger partial charge in [0.15, 0.2) is 0 Å². The van der Waals surface area contributed by atoms with Crippen LogP contribution in [0.15, 0.2) is 18.2 Å². The highest BCUT2D eigenvalue weighted by Crippen LogP contribution is 2.60. The molecule has 3 saturated heterocycles. The Morgan fingerprint density at radius 1 is 1.25 bits per heavy atom. The first-order valence-electron chi connectivity index (χ1n) is 10.1. The van der Waals surface area contributed by atoms with E-state index < -0.39 is 17.4 Å². The highest BCUT2D eigenvalue weighted by molar-refractivity contribution is 6.15. The third-order valence-corrected chi connectivity index (χ3v) is 7.08. The summed E-state index contributed by atoms with van der Waals surface area (Å²) in [5, 5.41) is 3.01. The molecule has 3 amide bonds. The number of nitrogens with zero attached hydrogens (tertiary/aromatic N) is 2. The third kappa shape index (κ3) is 1.98. The molecule has 3 fully saturated rings. The summed E-state index contributed by atoms with van der Waals surface area (Å²) in [6, 6.07) is 5.94. The number of imide groups is 1. The molecule has 0 saturated carbocycles. The first kappa shape index (κ1) is 17.8. The van der Waals surface area contributed by atoms with Crippen LogP contribution < -0.4 is 5.32 Å². The zero-order chi connectivity index (χ0) is 19.6. The van der Waals surface area contributed by atoms with Gasteiger partial charge in [-0.3, -0.25) is 24.2 Å². The van der Waals surface area contributed by atoms with Crippen LogP contribution in [0.1, 0.15) is 30.9 Å². The fourth-order valence-electron chi connectivity index (χ4n) is 5.93. The van der Waals surface area contributed by atoms with Gasteiger partial charge in [0.1, 0.15) is 5.54 Å². The Morgan fingerprint density at radius 2 is 2.07 bits per heavy atom. The van der Waals surface area contributed by atoms with Gasteiger partial charge in [0, 0.05) is 24.4 Å². The van der Waals surface area contributed by atoms with Gasteiger partial charge in [-0.05, 0) is 37.4 Å². The van der Waals surface area contributed by atoms with E-state index in [0.29, 0.717) is 6.61 Å². The summed E-state index contributed by atoms with van der Waals surface area (Å²) in [6.45, 7) is 3.36. The van der Waals surface area contributed by atoms with Crippen molar-refractivity contribution < 1.29 is 19.1 Å². The highest BCUT2D eigenvalue weighted by Gasteiger charge is 2.74. The zero-order valence-corrected chi connectivity index (χ0v) is 16.2. The van der Waals surface area contributed by atoms with E-state index >= 15 is 0 Å². The molecule has 1 N–H and O–H groups in total. The fraction of sp³-hybridized carbons (Fsp3) is 0.571. The van der Waals surface area contributed by atoms with Crippen LogP contribution in [-0.4, -0.2) is 60.4 Å². The van der Waals surface area contributed by atoms with Crippen LogP contribution in [0.5, 0.6) is 0 Å². The standard InChI is InChI=1S/C21H25N3O4/c1-3-12-6-7-14-13(11-12)21(20(27)22-14)17-16(15-5-4-8-24(15)21)18(25)23(19(17)26)9-10-28-2/h6-7,11,15-17H,3-5,8-10H2,1-2H3,(H,22,27). The lowest BCUT2D eigenvalue weighted by Crippen LogP contribution is -2.54. The molecular formula is C21H25N3O4. The number of hydrogen-bond donors (Lipinski definition) is 1. The zero-order valence-electron chi connectivity index (χ0n) is 16.2. The van der Waals surface area contributed by atoms with Crippen molar-refractivity contribution in [3.05, 3.63) is 29.3 Å². The molecular weight excluding hydrogens is 358 g/mol. The molecule has 0 radical (unpaired) electrons. The molecule has 1 aromatic rings. The van der Waals surface area contributed by atoms with Gasteiger partial charge < -0.3 is 10.1 Å². The summed E-state index contributed by atoms with van der Waals surface area (Å²) in [5.41, 5.74) is 1.69. The number of anilines is 1. The van der Waals surface area contributed by atoms with Gasteiger partial charge in [-0.25, -0.2) is 0 Å². The number of aryl methyl sites for hydroxylation is 1. The first-order chi connectivity index (χ1) is 13.6. The van der Waals surface area contributed by atoms with Gasteiger partial charge in [0.2, 0.25) is 17.7 Å². The first-order valence-corrected chi connectivity index (χ1v) is 10.1. The van der Waals surface area contributed by atoms with Crippen molar-refractivity contribution >= 4 is 23.4 Å². The van der Waals surface area contributed by atoms with Crippen LogP contribution in [0.25, 0.3) is 0 Å². The van der Waals surface area contributed by atoms with Gasteiger partial charge in [-0.2, -0.15) is 0 Å². The second-order valence-corrected chi connectivity index (χ2v) is 8.18. The SMILES string of the molecule is CCc1ccc2c(c1)C1(C(=O)N2)C2C(=O)N(CCOC)C(=O)C2C2CCCN21. The van der Waals surface area contributed by atoms with E-state index in [1.54, 1.807) is 7.11 Å². The maximum atomic E-state index is 13.5. The number of benzene rings is 1. The number of amides is 3. The Morgan fingerprint density at radius 3 is 2.82 bits per heavy atom. The molecule has 1 aromatic carbocycles. The lowest BCUT2D eigenvalue weighted by atomic mass is 9.75. The monoisotopic (exact) mass is 383 g/mol. The van der Waals surface area contributed by atoms with Gasteiger partial charge in [-0.1, -0.05) is 19.1 Å². The van der Waals surface area contributed by atoms with Crippen molar-refractivity contribution in [2.24, 2.45) is 11.8 Å². The minimum Gasteiger partial charge on any atom is -0.383 e. The van der Waals surface area contributed by atoms with E-state index in [9.17, 15) is 14.4 Å². The van der Waals surface area contributed by atoms with E-state index in [1.807, 2.05) is 12.1 Å². The average molecular weight is 383 g/mol. The Labute approximate surface area is 164 Å². The van der Waals surface area contributed by atoms with Crippen LogP contribution in [0.2, 0.25) is 0 Å². The lowest BCUT2D eigenvalue weighted by molar-refractivity contribution is -0.146. The Kier molecular flexibility index (Phi) is 3.90. The number of rotatable bonds is 4. The molecule has 5 rings (SSSR count). The van der Waals surface area contributed by atoms with Crippen LogP contribution >= 0.6 is 0 Å². The summed E-state index contributed by atoms with van der Waals surface area (Å²) in [6.07, 6.45) is 2.63. The maximum Gasteiger partial charge on any atom is 0.250 e. The number of carbonyl (C=O) groups is 3. The van der Waals surface area contributed by atoms with E-state index in [0.717, 1.165) is 42.6 Å². The van der Waals surface area contributed by atoms with Crippen LogP contribution in [0, 0.1) is 11.8 Å². The van der Waals surface area contributed by atoms with Gasteiger partial charge >= 0.3 is 0 Å². The average Bonchev–Trinajstić information content (AvgIpc) is 3.39. The molecule has 4 aliphatic rings. The van der Waals surface area contributed by atoms with Crippen molar-refractivity contribution in [1.29, 1.82) is 0 Å². The van der Waals surface area contributed by atoms with Gasteiger partial charge in [0.05, 0.1) is 25.0 Å². The van der Waals surface area contributed by atoms with E-state index in [2.05, 4.69) is 23.2 Å². The molecule has 4 unspecified atom stereocenters. The summed E-state index contributed by atoms with van der Waals surface area (Å²) in [7, 11) is 1.55. The third-order valence-electron chi connectivity index (χ3n) is 7.08. The molecule has 0 bridgehead atoms. The van der Waals surface area contributed by atoms with Crippen molar-refractivity contribution in [2.45, 2.75) is 37.8 Å². The van der Waals surface area contributed by atoms with Gasteiger partial charge in [0.25, 0.3) is 0 Å². The number of hydrogen-bond acceptors (Lipinski definition) is 5. The molecule has 4 aliphatic heterocycles. The van der Waals surface area contributed by atoms with Crippen molar-refractivity contribution in [1.82, 2.24) is 9.80 Å². The maximum absolute atomic E-state index is 13.5. The van der Waals surface area contributed by atoms with Gasteiger partial charge in [-0.15, -0.1) is 0 Å². The normalized spacial score (nSPS) is 33.6. The largest absolute Gasteiger partial charge is 0.383 e. The Hall–Kier alpha value is -2.25. The number of fused-ring (bicyclic) bond motifs is 7.